The van der Waals surface area contributed by atoms with Gasteiger partial charge in [-0.3, -0.25) is 0 Å². The predicted octanol–water partition coefficient (Wildman–Crippen LogP) is 3.11. The van der Waals surface area contributed by atoms with E-state index in [9.17, 15) is 17.2 Å². The number of halogens is 2. The molecule has 1 heterocycles. The molecule has 1 spiro atoms. The molecule has 1 saturated carbocycles. The Bertz CT molecular complexity index is 677. The molecule has 3 rings (SSSR count). The van der Waals surface area contributed by atoms with Crippen molar-refractivity contribution < 1.29 is 17.2 Å². The fraction of sp³-hybridized carbons (Fsp3) is 0.600. The van der Waals surface area contributed by atoms with E-state index < -0.39 is 21.4 Å². The summed E-state index contributed by atoms with van der Waals surface area (Å²) in [7, 11) is -3.57. The molecule has 1 aliphatic heterocycles. The number of alkyl halides is 2. The van der Waals surface area contributed by atoms with Gasteiger partial charge in [-0.25, -0.2) is 17.2 Å². The first-order valence-electron chi connectivity index (χ1n) is 7.13. The highest BCUT2D eigenvalue weighted by atomic mass is 32.2. The van der Waals surface area contributed by atoms with Crippen molar-refractivity contribution in [3.8, 4) is 0 Å². The molecule has 1 aliphatic carbocycles. The van der Waals surface area contributed by atoms with Crippen molar-refractivity contribution in [2.45, 2.75) is 43.9 Å². The molecule has 0 bridgehead atoms. The van der Waals surface area contributed by atoms with Crippen molar-refractivity contribution in [2.24, 2.45) is 5.41 Å². The van der Waals surface area contributed by atoms with Gasteiger partial charge < -0.3 is 0 Å². The highest BCUT2D eigenvalue weighted by Crippen LogP contribution is 2.66. The average molecular weight is 315 g/mol. The SMILES string of the molecule is Cc1ccc(S(=O)(=O)N2CCC3(CC2)CC3(F)F)cc1C. The summed E-state index contributed by atoms with van der Waals surface area (Å²) in [6, 6.07) is 5.03. The molecular weight excluding hydrogens is 296 g/mol. The van der Waals surface area contributed by atoms with Crippen molar-refractivity contribution in [2.75, 3.05) is 13.1 Å². The molecule has 0 N–H and O–H groups in total. The van der Waals surface area contributed by atoms with Crippen LogP contribution in [0, 0.1) is 19.3 Å². The Morgan fingerprint density at radius 2 is 1.67 bits per heavy atom. The maximum Gasteiger partial charge on any atom is 0.254 e. The molecule has 1 aromatic rings. The Labute approximate surface area is 124 Å². The van der Waals surface area contributed by atoms with Crippen LogP contribution in [0.4, 0.5) is 8.78 Å². The van der Waals surface area contributed by atoms with E-state index in [2.05, 4.69) is 0 Å². The lowest BCUT2D eigenvalue weighted by molar-refractivity contribution is 0.0426. The molecular formula is C15H19F2NO2S. The maximum atomic E-state index is 13.3. The first-order chi connectivity index (χ1) is 9.68. The van der Waals surface area contributed by atoms with Crippen LogP contribution < -0.4 is 0 Å². The highest BCUT2D eigenvalue weighted by molar-refractivity contribution is 7.89. The van der Waals surface area contributed by atoms with Crippen molar-refractivity contribution >= 4 is 10.0 Å². The summed E-state index contributed by atoms with van der Waals surface area (Å²) in [6.45, 7) is 4.16. The lowest BCUT2D eigenvalue weighted by Crippen LogP contribution is -2.40. The van der Waals surface area contributed by atoms with Crippen molar-refractivity contribution in [3.63, 3.8) is 0 Å². The number of aryl methyl sites for hydroxylation is 2. The smallest absolute Gasteiger partial charge is 0.207 e. The van der Waals surface area contributed by atoms with Gasteiger partial charge in [-0.15, -0.1) is 0 Å². The van der Waals surface area contributed by atoms with E-state index in [1.54, 1.807) is 18.2 Å². The molecule has 0 atom stereocenters. The van der Waals surface area contributed by atoms with Gasteiger partial charge in [0.1, 0.15) is 0 Å². The number of benzene rings is 1. The summed E-state index contributed by atoms with van der Waals surface area (Å²) in [5, 5.41) is 0. The van der Waals surface area contributed by atoms with Gasteiger partial charge >= 0.3 is 0 Å². The van der Waals surface area contributed by atoms with Crippen molar-refractivity contribution in [1.29, 1.82) is 0 Å². The zero-order valence-electron chi connectivity index (χ0n) is 12.2. The van der Waals surface area contributed by atoms with Crippen molar-refractivity contribution in [3.05, 3.63) is 29.3 Å². The van der Waals surface area contributed by atoms with Gasteiger partial charge in [0.05, 0.1) is 4.90 Å². The van der Waals surface area contributed by atoms with Gasteiger partial charge in [-0.2, -0.15) is 4.31 Å². The largest absolute Gasteiger partial charge is 0.254 e. The predicted molar refractivity (Wildman–Crippen MR) is 75.9 cm³/mol. The fourth-order valence-corrected chi connectivity index (χ4v) is 4.63. The van der Waals surface area contributed by atoms with E-state index in [1.807, 2.05) is 13.8 Å². The molecule has 116 valence electrons. The lowest BCUT2D eigenvalue weighted by Gasteiger charge is -2.31. The molecule has 1 aromatic carbocycles. The van der Waals surface area contributed by atoms with Crippen LogP contribution >= 0.6 is 0 Å². The monoisotopic (exact) mass is 315 g/mol. The summed E-state index contributed by atoms with van der Waals surface area (Å²) in [5.41, 5.74) is 1.02. The van der Waals surface area contributed by atoms with E-state index in [1.165, 1.54) is 4.31 Å². The van der Waals surface area contributed by atoms with Crippen LogP contribution in [0.15, 0.2) is 23.1 Å². The summed E-state index contributed by atoms with van der Waals surface area (Å²) in [6.07, 6.45) is 0.422. The van der Waals surface area contributed by atoms with Crippen LogP contribution in [0.2, 0.25) is 0 Å². The Balaban J connectivity index is 1.79. The fourth-order valence-electron chi connectivity index (χ4n) is 3.10. The first-order valence-corrected chi connectivity index (χ1v) is 8.57. The minimum absolute atomic E-state index is 0.0858. The summed E-state index contributed by atoms with van der Waals surface area (Å²) in [5.74, 6) is -2.59. The number of sulfonamides is 1. The van der Waals surface area contributed by atoms with Crippen LogP contribution in [0.1, 0.15) is 30.4 Å². The van der Waals surface area contributed by atoms with E-state index in [4.69, 9.17) is 0 Å². The van der Waals surface area contributed by atoms with Gasteiger partial charge in [0.15, 0.2) is 0 Å². The molecule has 2 fully saturated rings. The van der Waals surface area contributed by atoms with E-state index in [-0.39, 0.29) is 37.2 Å². The summed E-state index contributed by atoms with van der Waals surface area (Å²) in [4.78, 5) is 0.254. The second kappa shape index (κ2) is 4.49. The molecule has 21 heavy (non-hydrogen) atoms. The average Bonchev–Trinajstić information content (AvgIpc) is 2.93. The van der Waals surface area contributed by atoms with Crippen LogP contribution in [-0.2, 0) is 10.0 Å². The zero-order valence-corrected chi connectivity index (χ0v) is 13.0. The molecule has 0 amide bonds. The quantitative estimate of drug-likeness (QED) is 0.841. The molecule has 0 radical (unpaired) electrons. The third kappa shape index (κ3) is 2.28. The molecule has 3 nitrogen and oxygen atoms in total. The maximum absolute atomic E-state index is 13.3. The molecule has 6 heteroatoms. The van der Waals surface area contributed by atoms with Gasteiger partial charge in [-0.05, 0) is 49.9 Å². The summed E-state index contributed by atoms with van der Waals surface area (Å²) < 4.78 is 53.2. The molecule has 0 unspecified atom stereocenters. The normalized spacial score (nSPS) is 24.2. The third-order valence-corrected chi connectivity index (χ3v) is 6.90. The van der Waals surface area contributed by atoms with Gasteiger partial charge in [0.25, 0.3) is 5.92 Å². The van der Waals surface area contributed by atoms with E-state index in [0.717, 1.165) is 11.1 Å². The number of hydrogen-bond donors (Lipinski definition) is 0. The Kier molecular flexibility index (Phi) is 3.19. The van der Waals surface area contributed by atoms with Crippen molar-refractivity contribution in [1.82, 2.24) is 4.31 Å². The highest BCUT2D eigenvalue weighted by Gasteiger charge is 2.70. The number of rotatable bonds is 2. The topological polar surface area (TPSA) is 37.4 Å². The second-order valence-corrected chi connectivity index (χ2v) is 8.25. The molecule has 1 saturated heterocycles. The zero-order chi connectivity index (χ0) is 15.5. The minimum atomic E-state index is -3.57. The van der Waals surface area contributed by atoms with Gasteiger partial charge in [0, 0.05) is 24.9 Å². The Morgan fingerprint density at radius 1 is 1.10 bits per heavy atom. The van der Waals surface area contributed by atoms with Gasteiger partial charge in [-0.1, -0.05) is 6.07 Å². The number of hydrogen-bond acceptors (Lipinski definition) is 2. The third-order valence-electron chi connectivity index (χ3n) is 5.01. The Hall–Kier alpha value is -1.01. The second-order valence-electron chi connectivity index (χ2n) is 6.31. The van der Waals surface area contributed by atoms with E-state index in [0.29, 0.717) is 0 Å². The van der Waals surface area contributed by atoms with E-state index >= 15 is 0 Å². The molecule has 0 aromatic heterocycles. The Morgan fingerprint density at radius 3 is 2.14 bits per heavy atom. The standard InChI is InChI=1S/C15H19F2NO2S/c1-11-3-4-13(9-12(11)2)21(19,20)18-7-5-14(6-8-18)10-15(14,16)17/h3-4,9H,5-8,10H2,1-2H3. The lowest BCUT2D eigenvalue weighted by atomic mass is 9.94. The van der Waals surface area contributed by atoms with Crippen LogP contribution in [0.25, 0.3) is 0 Å². The van der Waals surface area contributed by atoms with Crippen LogP contribution in [0.5, 0.6) is 0 Å². The molecule has 2 aliphatic rings. The minimum Gasteiger partial charge on any atom is -0.207 e. The van der Waals surface area contributed by atoms with Crippen LogP contribution in [0.3, 0.4) is 0 Å². The summed E-state index contributed by atoms with van der Waals surface area (Å²) >= 11 is 0. The number of piperidine rings is 1. The first kappa shape index (κ1) is 14.9. The number of nitrogens with zero attached hydrogens (tertiary/aromatic N) is 1. The van der Waals surface area contributed by atoms with Gasteiger partial charge in [0.2, 0.25) is 10.0 Å². The van der Waals surface area contributed by atoms with Crippen LogP contribution in [-0.4, -0.2) is 31.7 Å².